The number of anilines is 1. The molecule has 3 rings (SSSR count). The van der Waals surface area contributed by atoms with Gasteiger partial charge in [-0.2, -0.15) is 0 Å². The van der Waals surface area contributed by atoms with Crippen LogP contribution < -0.4 is 10.6 Å². The Morgan fingerprint density at radius 1 is 1.15 bits per heavy atom. The third kappa shape index (κ3) is 4.93. The van der Waals surface area contributed by atoms with Gasteiger partial charge in [-0.25, -0.2) is 9.97 Å². The van der Waals surface area contributed by atoms with E-state index in [4.69, 9.17) is 10.7 Å². The number of likely N-dealkylation sites (tertiary alicyclic amines) is 1. The van der Waals surface area contributed by atoms with Gasteiger partial charge in [-0.1, -0.05) is 6.42 Å². The average molecular weight is 360 g/mol. The van der Waals surface area contributed by atoms with Crippen LogP contribution in [0.25, 0.3) is 0 Å². The molecule has 0 bridgehead atoms. The topological polar surface area (TPSA) is 75.3 Å². The summed E-state index contributed by atoms with van der Waals surface area (Å²) in [6.45, 7) is 6.56. The van der Waals surface area contributed by atoms with Gasteiger partial charge in [-0.05, 0) is 52.0 Å². The van der Waals surface area contributed by atoms with Gasteiger partial charge in [-0.15, -0.1) is 0 Å². The van der Waals surface area contributed by atoms with Gasteiger partial charge in [0.15, 0.2) is 0 Å². The van der Waals surface area contributed by atoms with Gasteiger partial charge < -0.3 is 15.5 Å². The summed E-state index contributed by atoms with van der Waals surface area (Å²) in [6, 6.07) is 2.16. The molecule has 2 aliphatic heterocycles. The molecule has 0 spiro atoms. The summed E-state index contributed by atoms with van der Waals surface area (Å²) in [7, 11) is 0. The Morgan fingerprint density at radius 3 is 2.73 bits per heavy atom. The SMILES string of the molecule is Cc1nc(C2CCCN(C(=O)CCCCCN)C2)cc(N2CCCC2)n1. The van der Waals surface area contributed by atoms with Crippen LogP contribution in [-0.2, 0) is 4.79 Å². The Hall–Kier alpha value is -1.69. The van der Waals surface area contributed by atoms with Crippen molar-refractivity contribution in [3.05, 3.63) is 17.6 Å². The van der Waals surface area contributed by atoms with E-state index in [9.17, 15) is 4.79 Å². The number of aromatic nitrogens is 2. The summed E-state index contributed by atoms with van der Waals surface area (Å²) in [5, 5.41) is 0. The van der Waals surface area contributed by atoms with Gasteiger partial charge in [-0.3, -0.25) is 4.79 Å². The zero-order chi connectivity index (χ0) is 18.4. The summed E-state index contributed by atoms with van der Waals surface area (Å²) in [5.41, 5.74) is 6.64. The van der Waals surface area contributed by atoms with Crippen molar-refractivity contribution >= 4 is 11.7 Å². The molecule has 1 aromatic rings. The van der Waals surface area contributed by atoms with E-state index in [1.165, 1.54) is 12.8 Å². The zero-order valence-corrected chi connectivity index (χ0v) is 16.1. The van der Waals surface area contributed by atoms with Gasteiger partial charge in [0.25, 0.3) is 0 Å². The van der Waals surface area contributed by atoms with Crippen molar-refractivity contribution in [1.29, 1.82) is 0 Å². The summed E-state index contributed by atoms with van der Waals surface area (Å²) >= 11 is 0. The van der Waals surface area contributed by atoms with Crippen LogP contribution in [0.5, 0.6) is 0 Å². The summed E-state index contributed by atoms with van der Waals surface area (Å²) in [4.78, 5) is 26.3. The average Bonchev–Trinajstić information content (AvgIpc) is 3.19. The quantitative estimate of drug-likeness (QED) is 0.758. The molecule has 2 fully saturated rings. The second-order valence-corrected chi connectivity index (χ2v) is 7.67. The highest BCUT2D eigenvalue weighted by Crippen LogP contribution is 2.29. The lowest BCUT2D eigenvalue weighted by atomic mass is 9.94. The molecule has 144 valence electrons. The first-order valence-corrected chi connectivity index (χ1v) is 10.3. The van der Waals surface area contributed by atoms with Gasteiger partial charge in [0, 0.05) is 44.6 Å². The number of piperidine rings is 1. The maximum Gasteiger partial charge on any atom is 0.222 e. The molecule has 0 radical (unpaired) electrons. The molecule has 26 heavy (non-hydrogen) atoms. The highest BCUT2D eigenvalue weighted by molar-refractivity contribution is 5.76. The van der Waals surface area contributed by atoms with Crippen LogP contribution in [0.2, 0.25) is 0 Å². The molecule has 2 aliphatic rings. The minimum absolute atomic E-state index is 0.289. The summed E-state index contributed by atoms with van der Waals surface area (Å²) in [5.74, 6) is 2.53. The third-order valence-electron chi connectivity index (χ3n) is 5.56. The minimum atomic E-state index is 0.289. The highest BCUT2D eigenvalue weighted by Gasteiger charge is 2.26. The lowest BCUT2D eigenvalue weighted by Crippen LogP contribution is -2.39. The fraction of sp³-hybridized carbons (Fsp3) is 0.750. The molecule has 1 unspecified atom stereocenters. The molecule has 6 heteroatoms. The number of nitrogens with zero attached hydrogens (tertiary/aromatic N) is 4. The van der Waals surface area contributed by atoms with E-state index >= 15 is 0 Å². The van der Waals surface area contributed by atoms with Crippen molar-refractivity contribution in [2.45, 2.75) is 64.2 Å². The third-order valence-corrected chi connectivity index (χ3v) is 5.56. The number of aryl methyl sites for hydroxylation is 1. The molecule has 2 N–H and O–H groups in total. The second-order valence-electron chi connectivity index (χ2n) is 7.67. The highest BCUT2D eigenvalue weighted by atomic mass is 16.2. The van der Waals surface area contributed by atoms with E-state index in [1.807, 2.05) is 11.8 Å². The van der Waals surface area contributed by atoms with E-state index in [1.54, 1.807) is 0 Å². The van der Waals surface area contributed by atoms with E-state index in [-0.39, 0.29) is 5.91 Å². The van der Waals surface area contributed by atoms with E-state index in [0.717, 1.165) is 75.6 Å². The van der Waals surface area contributed by atoms with Crippen molar-refractivity contribution in [3.63, 3.8) is 0 Å². The van der Waals surface area contributed by atoms with Crippen molar-refractivity contribution in [3.8, 4) is 0 Å². The first kappa shape index (κ1) is 19.1. The fourth-order valence-corrected chi connectivity index (χ4v) is 4.09. The predicted molar refractivity (Wildman–Crippen MR) is 104 cm³/mol. The van der Waals surface area contributed by atoms with Gasteiger partial charge in [0.05, 0.1) is 5.69 Å². The molecule has 1 aromatic heterocycles. The molecule has 1 amide bonds. The molecule has 3 heterocycles. The molecule has 0 aliphatic carbocycles. The van der Waals surface area contributed by atoms with Gasteiger partial charge >= 0.3 is 0 Å². The smallest absolute Gasteiger partial charge is 0.222 e. The minimum Gasteiger partial charge on any atom is -0.357 e. The van der Waals surface area contributed by atoms with Crippen LogP contribution >= 0.6 is 0 Å². The summed E-state index contributed by atoms with van der Waals surface area (Å²) in [6.07, 6.45) is 8.30. The van der Waals surface area contributed by atoms with E-state index < -0.39 is 0 Å². The molecular weight excluding hydrogens is 326 g/mol. The number of hydrogen-bond acceptors (Lipinski definition) is 5. The number of nitrogens with two attached hydrogens (primary N) is 1. The van der Waals surface area contributed by atoms with Crippen molar-refractivity contribution < 1.29 is 4.79 Å². The molecule has 0 aromatic carbocycles. The Kier molecular flexibility index (Phi) is 6.83. The molecule has 2 saturated heterocycles. The van der Waals surface area contributed by atoms with Crippen LogP contribution in [0, 0.1) is 6.92 Å². The predicted octanol–water partition coefficient (Wildman–Crippen LogP) is 2.61. The van der Waals surface area contributed by atoms with Gasteiger partial charge in [0.2, 0.25) is 5.91 Å². The van der Waals surface area contributed by atoms with Crippen molar-refractivity contribution in [2.24, 2.45) is 5.73 Å². The lowest BCUT2D eigenvalue weighted by Gasteiger charge is -2.33. The van der Waals surface area contributed by atoms with Crippen LogP contribution in [0.1, 0.15) is 68.8 Å². The maximum atomic E-state index is 12.5. The standard InChI is InChI=1S/C20H33N5O/c1-16-22-18(14-19(23-16)24-11-5-6-12-24)17-8-7-13-25(15-17)20(26)9-3-2-4-10-21/h14,17H,2-13,15,21H2,1H3. The van der Waals surface area contributed by atoms with E-state index in [2.05, 4.69) is 16.0 Å². The normalized spacial score (nSPS) is 20.6. The largest absolute Gasteiger partial charge is 0.357 e. The van der Waals surface area contributed by atoms with E-state index in [0.29, 0.717) is 18.9 Å². The molecule has 1 atom stereocenters. The maximum absolute atomic E-state index is 12.5. The first-order chi connectivity index (χ1) is 12.7. The van der Waals surface area contributed by atoms with Crippen molar-refractivity contribution in [1.82, 2.24) is 14.9 Å². The monoisotopic (exact) mass is 359 g/mol. The lowest BCUT2D eigenvalue weighted by molar-refractivity contribution is -0.132. The molecule has 6 nitrogen and oxygen atoms in total. The number of hydrogen-bond donors (Lipinski definition) is 1. The van der Waals surface area contributed by atoms with Crippen LogP contribution in [0.4, 0.5) is 5.82 Å². The Bertz CT molecular complexity index is 600. The number of carbonyl (C=O) groups excluding carboxylic acids is 1. The second kappa shape index (κ2) is 9.31. The summed E-state index contributed by atoms with van der Waals surface area (Å²) < 4.78 is 0. The van der Waals surface area contributed by atoms with Crippen molar-refractivity contribution in [2.75, 3.05) is 37.6 Å². The fourth-order valence-electron chi connectivity index (χ4n) is 4.09. The number of carbonyl (C=O) groups is 1. The first-order valence-electron chi connectivity index (χ1n) is 10.3. The number of amides is 1. The van der Waals surface area contributed by atoms with Crippen LogP contribution in [-0.4, -0.2) is 53.5 Å². The number of unbranched alkanes of at least 4 members (excludes halogenated alkanes) is 2. The Labute approximate surface area is 157 Å². The molecular formula is C20H33N5O. The van der Waals surface area contributed by atoms with Crippen LogP contribution in [0.15, 0.2) is 6.07 Å². The van der Waals surface area contributed by atoms with Gasteiger partial charge in [0.1, 0.15) is 11.6 Å². The number of rotatable bonds is 7. The zero-order valence-electron chi connectivity index (χ0n) is 16.1. The molecule has 0 saturated carbocycles. The Balaban J connectivity index is 1.62. The Morgan fingerprint density at radius 2 is 1.96 bits per heavy atom. The van der Waals surface area contributed by atoms with Crippen LogP contribution in [0.3, 0.4) is 0 Å².